The average Bonchev–Trinajstić information content (AvgIpc) is 3.17. The molecule has 0 spiro atoms. The number of rotatable bonds is 5. The fourth-order valence-corrected chi connectivity index (χ4v) is 3.16. The maximum absolute atomic E-state index is 12.2. The molecule has 1 saturated carbocycles. The van der Waals surface area contributed by atoms with E-state index < -0.39 is 0 Å². The maximum atomic E-state index is 12.2. The monoisotopic (exact) mass is 304 g/mol. The van der Waals surface area contributed by atoms with Crippen molar-refractivity contribution in [2.24, 2.45) is 5.92 Å². The Labute approximate surface area is 131 Å². The molecule has 1 aliphatic carbocycles. The molecule has 1 amide bonds. The van der Waals surface area contributed by atoms with E-state index in [2.05, 4.69) is 10.6 Å². The van der Waals surface area contributed by atoms with E-state index in [1.54, 1.807) is 12.1 Å². The molecule has 0 bridgehead atoms. The van der Waals surface area contributed by atoms with Gasteiger partial charge in [-0.2, -0.15) is 0 Å². The van der Waals surface area contributed by atoms with Gasteiger partial charge in [0.15, 0.2) is 0 Å². The highest BCUT2D eigenvalue weighted by atomic mass is 16.5. The molecule has 1 heterocycles. The molecule has 5 nitrogen and oxygen atoms in total. The van der Waals surface area contributed by atoms with E-state index in [1.807, 2.05) is 12.1 Å². The predicted molar refractivity (Wildman–Crippen MR) is 84.0 cm³/mol. The molecule has 1 aromatic rings. The number of hydrogen-bond donors (Lipinski definition) is 3. The van der Waals surface area contributed by atoms with E-state index in [4.69, 9.17) is 4.74 Å². The zero-order valence-corrected chi connectivity index (χ0v) is 12.8. The third kappa shape index (κ3) is 3.78. The number of carbonyl (C=O) groups is 1. The van der Waals surface area contributed by atoms with Crippen LogP contribution >= 0.6 is 0 Å². The van der Waals surface area contributed by atoms with Gasteiger partial charge in [0.2, 0.25) is 0 Å². The van der Waals surface area contributed by atoms with Crippen LogP contribution in [0.25, 0.3) is 0 Å². The summed E-state index contributed by atoms with van der Waals surface area (Å²) < 4.78 is 5.93. The number of carbonyl (C=O) groups excluding carboxylic acids is 1. The first kappa shape index (κ1) is 15.3. The normalized spacial score (nSPS) is 25.3. The quantitative estimate of drug-likeness (QED) is 0.767. The molecular weight excluding hydrogens is 280 g/mol. The van der Waals surface area contributed by atoms with Crippen molar-refractivity contribution in [2.75, 3.05) is 19.6 Å². The van der Waals surface area contributed by atoms with Crippen molar-refractivity contribution in [3.63, 3.8) is 0 Å². The molecule has 0 aromatic heterocycles. The first-order valence-corrected chi connectivity index (χ1v) is 8.16. The number of ether oxygens (including phenoxy) is 1. The summed E-state index contributed by atoms with van der Waals surface area (Å²) in [6.45, 7) is 1.83. The second-order valence-corrected chi connectivity index (χ2v) is 6.25. The number of β-amino-alcohol motifs (C(OH)–C–C–N with tert-alkyl or cyclic N) is 1. The molecule has 3 rings (SSSR count). The van der Waals surface area contributed by atoms with Crippen LogP contribution in [0.4, 0.5) is 0 Å². The molecule has 0 radical (unpaired) electrons. The molecule has 22 heavy (non-hydrogen) atoms. The summed E-state index contributed by atoms with van der Waals surface area (Å²) >= 11 is 0. The summed E-state index contributed by atoms with van der Waals surface area (Å²) in [4.78, 5) is 12.2. The van der Waals surface area contributed by atoms with Crippen LogP contribution in [0.1, 0.15) is 36.0 Å². The van der Waals surface area contributed by atoms with Gasteiger partial charge >= 0.3 is 0 Å². The van der Waals surface area contributed by atoms with Crippen molar-refractivity contribution in [1.29, 1.82) is 0 Å². The maximum Gasteiger partial charge on any atom is 0.251 e. The van der Waals surface area contributed by atoms with Crippen LogP contribution in [-0.4, -0.2) is 42.9 Å². The molecule has 1 aromatic carbocycles. The van der Waals surface area contributed by atoms with Gasteiger partial charge in [-0.05, 0) is 43.9 Å². The molecule has 2 fully saturated rings. The van der Waals surface area contributed by atoms with Crippen LogP contribution in [0.2, 0.25) is 0 Å². The summed E-state index contributed by atoms with van der Waals surface area (Å²) in [5.74, 6) is 0.736. The van der Waals surface area contributed by atoms with E-state index >= 15 is 0 Å². The highest BCUT2D eigenvalue weighted by Gasteiger charge is 2.25. The van der Waals surface area contributed by atoms with Gasteiger partial charge in [0, 0.05) is 31.1 Å². The van der Waals surface area contributed by atoms with E-state index in [9.17, 15) is 9.90 Å². The van der Waals surface area contributed by atoms with Gasteiger partial charge in [0.05, 0.1) is 12.2 Å². The lowest BCUT2D eigenvalue weighted by molar-refractivity contribution is 0.0926. The van der Waals surface area contributed by atoms with Crippen LogP contribution in [-0.2, 0) is 0 Å². The zero-order chi connectivity index (χ0) is 15.4. The molecule has 1 saturated heterocycles. The number of nitrogens with one attached hydrogen (secondary N) is 2. The number of amides is 1. The molecular formula is C17H24N2O3. The minimum Gasteiger partial charge on any atom is -0.490 e. The minimum absolute atomic E-state index is 0.0851. The highest BCUT2D eigenvalue weighted by molar-refractivity contribution is 5.94. The van der Waals surface area contributed by atoms with Gasteiger partial charge in [-0.25, -0.2) is 0 Å². The largest absolute Gasteiger partial charge is 0.490 e. The fraction of sp³-hybridized carbons (Fsp3) is 0.588. The van der Waals surface area contributed by atoms with Crippen LogP contribution in [0.5, 0.6) is 5.75 Å². The zero-order valence-electron chi connectivity index (χ0n) is 12.8. The lowest BCUT2D eigenvalue weighted by Crippen LogP contribution is -2.34. The van der Waals surface area contributed by atoms with Crippen LogP contribution < -0.4 is 15.4 Å². The van der Waals surface area contributed by atoms with Crippen LogP contribution in [0.15, 0.2) is 24.3 Å². The number of hydrogen-bond acceptors (Lipinski definition) is 4. The Kier molecular flexibility index (Phi) is 4.95. The predicted octanol–water partition coefficient (Wildman–Crippen LogP) is 1.32. The average molecular weight is 304 g/mol. The SMILES string of the molecule is O=C(NCC1CNCC1O)c1cccc(OC2CCCC2)c1. The molecule has 2 unspecified atom stereocenters. The van der Waals surface area contributed by atoms with Crippen LogP contribution in [0.3, 0.4) is 0 Å². The molecule has 2 aliphatic rings. The summed E-state index contributed by atoms with van der Waals surface area (Å²) in [5.41, 5.74) is 0.607. The van der Waals surface area contributed by atoms with Crippen molar-refractivity contribution >= 4 is 5.91 Å². The minimum atomic E-state index is -0.377. The van der Waals surface area contributed by atoms with Crippen molar-refractivity contribution in [2.45, 2.75) is 37.9 Å². The van der Waals surface area contributed by atoms with Crippen molar-refractivity contribution in [1.82, 2.24) is 10.6 Å². The Morgan fingerprint density at radius 1 is 1.32 bits per heavy atom. The van der Waals surface area contributed by atoms with Crippen LogP contribution in [0, 0.1) is 5.92 Å². The van der Waals surface area contributed by atoms with Crippen molar-refractivity contribution < 1.29 is 14.6 Å². The van der Waals surface area contributed by atoms with Crippen molar-refractivity contribution in [3.05, 3.63) is 29.8 Å². The lowest BCUT2D eigenvalue weighted by Gasteiger charge is -2.15. The summed E-state index contributed by atoms with van der Waals surface area (Å²) in [6.07, 6.45) is 4.56. The molecule has 2 atom stereocenters. The standard InChI is InChI=1S/C17H24N2O3/c20-16-11-18-9-13(16)10-19-17(21)12-4-3-7-15(8-12)22-14-5-1-2-6-14/h3-4,7-8,13-14,16,18,20H,1-2,5-6,9-11H2,(H,19,21). The van der Waals surface area contributed by atoms with Gasteiger partial charge in [-0.15, -0.1) is 0 Å². The Morgan fingerprint density at radius 3 is 2.86 bits per heavy atom. The number of aliphatic hydroxyl groups is 1. The number of benzene rings is 1. The van der Waals surface area contributed by atoms with E-state index in [0.717, 1.165) is 25.1 Å². The lowest BCUT2D eigenvalue weighted by atomic mass is 10.1. The van der Waals surface area contributed by atoms with Gasteiger partial charge < -0.3 is 20.5 Å². The van der Waals surface area contributed by atoms with Gasteiger partial charge in [-0.1, -0.05) is 6.07 Å². The Bertz CT molecular complexity index is 514. The smallest absolute Gasteiger partial charge is 0.251 e. The topological polar surface area (TPSA) is 70.6 Å². The first-order valence-electron chi connectivity index (χ1n) is 8.16. The third-order valence-corrected chi connectivity index (χ3v) is 4.53. The molecule has 120 valence electrons. The Balaban J connectivity index is 1.55. The summed E-state index contributed by atoms with van der Waals surface area (Å²) in [6, 6.07) is 7.35. The summed E-state index contributed by atoms with van der Waals surface area (Å²) in [7, 11) is 0. The van der Waals surface area contributed by atoms with E-state index in [1.165, 1.54) is 12.8 Å². The highest BCUT2D eigenvalue weighted by Crippen LogP contribution is 2.24. The van der Waals surface area contributed by atoms with Gasteiger partial charge in [-0.3, -0.25) is 4.79 Å². The Hall–Kier alpha value is -1.59. The Morgan fingerprint density at radius 2 is 2.14 bits per heavy atom. The third-order valence-electron chi connectivity index (χ3n) is 4.53. The molecule has 1 aliphatic heterocycles. The first-order chi connectivity index (χ1) is 10.7. The fourth-order valence-electron chi connectivity index (χ4n) is 3.16. The van der Waals surface area contributed by atoms with E-state index in [0.29, 0.717) is 18.7 Å². The molecule has 3 N–H and O–H groups in total. The second-order valence-electron chi connectivity index (χ2n) is 6.25. The summed E-state index contributed by atoms with van der Waals surface area (Å²) in [5, 5.41) is 15.8. The van der Waals surface area contributed by atoms with E-state index in [-0.39, 0.29) is 24.0 Å². The van der Waals surface area contributed by atoms with Crippen molar-refractivity contribution in [3.8, 4) is 5.75 Å². The number of aliphatic hydroxyl groups excluding tert-OH is 1. The molecule has 5 heteroatoms. The second kappa shape index (κ2) is 7.11. The van der Waals surface area contributed by atoms with Gasteiger partial charge in [0.1, 0.15) is 5.75 Å². The van der Waals surface area contributed by atoms with Gasteiger partial charge in [0.25, 0.3) is 5.91 Å².